The average molecular weight is 274 g/mol. The van der Waals surface area contributed by atoms with Crippen molar-refractivity contribution in [3.05, 3.63) is 30.0 Å². The lowest BCUT2D eigenvalue weighted by molar-refractivity contribution is -0.133. The zero-order chi connectivity index (χ0) is 14.5. The van der Waals surface area contributed by atoms with Gasteiger partial charge in [-0.15, -0.1) is 0 Å². The first-order chi connectivity index (χ1) is 9.61. The Morgan fingerprint density at radius 1 is 1.35 bits per heavy atom. The van der Waals surface area contributed by atoms with E-state index in [9.17, 15) is 9.59 Å². The molecule has 5 heteroatoms. The molecular formula is C15H18N2O3. The predicted molar refractivity (Wildman–Crippen MR) is 76.6 cm³/mol. The van der Waals surface area contributed by atoms with Crippen LogP contribution in [0.3, 0.4) is 0 Å². The number of ether oxygens (including phenoxy) is 1. The summed E-state index contributed by atoms with van der Waals surface area (Å²) in [5.41, 5.74) is 1.90. The number of carbonyl (C=O) groups excluding carboxylic acids is 2. The van der Waals surface area contributed by atoms with Crippen LogP contribution in [-0.4, -0.2) is 23.4 Å². The number of para-hydroxylation sites is 1. The van der Waals surface area contributed by atoms with E-state index in [0.29, 0.717) is 18.7 Å². The highest BCUT2D eigenvalue weighted by Crippen LogP contribution is 2.27. The Labute approximate surface area is 117 Å². The lowest BCUT2D eigenvalue weighted by atomic mass is 10.1. The van der Waals surface area contributed by atoms with Crippen molar-refractivity contribution in [2.45, 2.75) is 26.7 Å². The maximum absolute atomic E-state index is 11.4. The minimum atomic E-state index is -0.258. The third kappa shape index (κ3) is 3.17. The van der Waals surface area contributed by atoms with Crippen molar-refractivity contribution in [2.75, 3.05) is 6.54 Å². The number of hydrogen-bond acceptors (Lipinski definition) is 3. The number of carbonyl (C=O) groups is 2. The van der Waals surface area contributed by atoms with Gasteiger partial charge in [-0.3, -0.25) is 9.59 Å². The third-order valence-corrected chi connectivity index (χ3v) is 3.04. The van der Waals surface area contributed by atoms with Gasteiger partial charge in [0.05, 0.1) is 5.52 Å². The lowest BCUT2D eigenvalue weighted by Gasteiger charge is -2.05. The molecule has 20 heavy (non-hydrogen) atoms. The smallest absolute Gasteiger partial charge is 0.310 e. The van der Waals surface area contributed by atoms with Gasteiger partial charge in [0.1, 0.15) is 0 Å². The molecule has 0 aliphatic rings. The summed E-state index contributed by atoms with van der Waals surface area (Å²) in [6.07, 6.45) is 2.95. The van der Waals surface area contributed by atoms with Gasteiger partial charge in [-0.25, -0.2) is 0 Å². The van der Waals surface area contributed by atoms with Crippen LogP contribution in [0.5, 0.6) is 5.75 Å². The normalized spacial score (nSPS) is 10.5. The van der Waals surface area contributed by atoms with Crippen LogP contribution in [0.2, 0.25) is 0 Å². The van der Waals surface area contributed by atoms with E-state index in [0.717, 1.165) is 22.9 Å². The fourth-order valence-electron chi connectivity index (χ4n) is 2.04. The monoisotopic (exact) mass is 274 g/mol. The van der Waals surface area contributed by atoms with Gasteiger partial charge in [0, 0.05) is 31.5 Å². The Morgan fingerprint density at radius 3 is 2.85 bits per heavy atom. The Morgan fingerprint density at radius 2 is 2.15 bits per heavy atom. The molecule has 0 aliphatic carbocycles. The van der Waals surface area contributed by atoms with Crippen molar-refractivity contribution in [2.24, 2.45) is 0 Å². The van der Waals surface area contributed by atoms with E-state index < -0.39 is 0 Å². The first kappa shape index (κ1) is 14.1. The Bertz CT molecular complexity index is 631. The van der Waals surface area contributed by atoms with Crippen LogP contribution in [0.4, 0.5) is 0 Å². The number of fused-ring (bicyclic) bond motifs is 1. The number of aromatic nitrogens is 1. The summed E-state index contributed by atoms with van der Waals surface area (Å²) in [4.78, 5) is 25.4. The molecule has 1 amide bonds. The predicted octanol–water partition coefficient (Wildman–Crippen LogP) is 2.16. The number of benzene rings is 1. The minimum Gasteiger partial charge on any atom is -0.424 e. The molecule has 1 aromatic heterocycles. The summed E-state index contributed by atoms with van der Waals surface area (Å²) in [7, 11) is 0. The summed E-state index contributed by atoms with van der Waals surface area (Å²) in [5, 5.41) is 3.78. The molecule has 0 saturated carbocycles. The first-order valence-electron chi connectivity index (χ1n) is 6.66. The van der Waals surface area contributed by atoms with Crippen LogP contribution >= 0.6 is 0 Å². The van der Waals surface area contributed by atoms with E-state index >= 15 is 0 Å². The molecule has 2 N–H and O–H groups in total. The zero-order valence-electron chi connectivity index (χ0n) is 11.7. The van der Waals surface area contributed by atoms with Crippen molar-refractivity contribution in [3.63, 3.8) is 0 Å². The highest BCUT2D eigenvalue weighted by Gasteiger charge is 2.10. The second-order valence-corrected chi connectivity index (χ2v) is 4.55. The van der Waals surface area contributed by atoms with E-state index in [1.54, 1.807) is 13.0 Å². The zero-order valence-corrected chi connectivity index (χ0v) is 11.7. The summed E-state index contributed by atoms with van der Waals surface area (Å²) in [6, 6.07) is 5.60. The fourth-order valence-corrected chi connectivity index (χ4v) is 2.04. The van der Waals surface area contributed by atoms with Crippen LogP contribution in [0.25, 0.3) is 10.9 Å². The van der Waals surface area contributed by atoms with Gasteiger partial charge in [-0.2, -0.15) is 0 Å². The molecule has 1 heterocycles. The van der Waals surface area contributed by atoms with E-state index in [-0.39, 0.29) is 11.9 Å². The quantitative estimate of drug-likeness (QED) is 0.648. The van der Waals surface area contributed by atoms with Crippen LogP contribution in [-0.2, 0) is 16.0 Å². The Kier molecular flexibility index (Phi) is 4.40. The Balaban J connectivity index is 2.20. The highest BCUT2D eigenvalue weighted by atomic mass is 16.5. The molecule has 1 aromatic carbocycles. The summed E-state index contributed by atoms with van der Waals surface area (Å²) in [6.45, 7) is 3.84. The van der Waals surface area contributed by atoms with Crippen LogP contribution in [0.15, 0.2) is 24.4 Å². The minimum absolute atomic E-state index is 0.0394. The van der Waals surface area contributed by atoms with E-state index in [1.807, 2.05) is 18.3 Å². The molecule has 0 radical (unpaired) electrons. The maximum Gasteiger partial charge on any atom is 0.310 e. The molecular weight excluding hydrogens is 256 g/mol. The molecule has 5 nitrogen and oxygen atoms in total. The van der Waals surface area contributed by atoms with Crippen molar-refractivity contribution in [1.29, 1.82) is 0 Å². The summed E-state index contributed by atoms with van der Waals surface area (Å²) < 4.78 is 5.29. The SMILES string of the molecule is CCC(=O)Oc1cccc2c(CCNC(C)=O)c[nH]c12. The van der Waals surface area contributed by atoms with Crippen molar-refractivity contribution >= 4 is 22.8 Å². The average Bonchev–Trinajstić information content (AvgIpc) is 2.83. The molecule has 0 spiro atoms. The van der Waals surface area contributed by atoms with Gasteiger partial charge in [-0.05, 0) is 18.1 Å². The molecule has 0 saturated heterocycles. The topological polar surface area (TPSA) is 71.2 Å². The highest BCUT2D eigenvalue weighted by molar-refractivity contribution is 5.90. The summed E-state index contributed by atoms with van der Waals surface area (Å²) in [5.74, 6) is 0.245. The van der Waals surface area contributed by atoms with Gasteiger partial charge in [0.25, 0.3) is 0 Å². The molecule has 0 fully saturated rings. The number of rotatable bonds is 5. The second kappa shape index (κ2) is 6.23. The third-order valence-electron chi connectivity index (χ3n) is 3.04. The van der Waals surface area contributed by atoms with E-state index in [1.165, 1.54) is 6.92 Å². The molecule has 2 rings (SSSR count). The number of amides is 1. The standard InChI is InChI=1S/C15H18N2O3/c1-3-14(19)20-13-6-4-5-12-11(9-17-15(12)13)7-8-16-10(2)18/h4-6,9,17H,3,7-8H2,1-2H3,(H,16,18). The van der Waals surface area contributed by atoms with Crippen LogP contribution in [0, 0.1) is 0 Å². The molecule has 0 unspecified atom stereocenters. The van der Waals surface area contributed by atoms with Gasteiger partial charge in [0.15, 0.2) is 5.75 Å². The van der Waals surface area contributed by atoms with E-state index in [2.05, 4.69) is 10.3 Å². The van der Waals surface area contributed by atoms with Gasteiger partial charge >= 0.3 is 5.97 Å². The number of nitrogens with one attached hydrogen (secondary N) is 2. The van der Waals surface area contributed by atoms with Crippen LogP contribution < -0.4 is 10.1 Å². The largest absolute Gasteiger partial charge is 0.424 e. The molecule has 106 valence electrons. The molecule has 2 aromatic rings. The molecule has 0 atom stereocenters. The first-order valence-corrected chi connectivity index (χ1v) is 6.66. The number of aromatic amines is 1. The van der Waals surface area contributed by atoms with Crippen molar-refractivity contribution in [3.8, 4) is 5.75 Å². The van der Waals surface area contributed by atoms with Crippen molar-refractivity contribution < 1.29 is 14.3 Å². The fraction of sp³-hybridized carbons (Fsp3) is 0.333. The summed E-state index contributed by atoms with van der Waals surface area (Å²) >= 11 is 0. The number of hydrogen-bond donors (Lipinski definition) is 2. The second-order valence-electron chi connectivity index (χ2n) is 4.55. The van der Waals surface area contributed by atoms with Gasteiger partial charge < -0.3 is 15.0 Å². The van der Waals surface area contributed by atoms with Gasteiger partial charge in [-0.1, -0.05) is 19.1 Å². The van der Waals surface area contributed by atoms with Crippen molar-refractivity contribution in [1.82, 2.24) is 10.3 Å². The van der Waals surface area contributed by atoms with E-state index in [4.69, 9.17) is 4.74 Å². The molecule has 0 aliphatic heterocycles. The number of H-pyrrole nitrogens is 1. The van der Waals surface area contributed by atoms with Crippen LogP contribution in [0.1, 0.15) is 25.8 Å². The molecule has 0 bridgehead atoms. The Hall–Kier alpha value is -2.30. The van der Waals surface area contributed by atoms with Gasteiger partial charge in [0.2, 0.25) is 5.91 Å². The lowest BCUT2D eigenvalue weighted by Crippen LogP contribution is -2.22. The maximum atomic E-state index is 11.4. The number of esters is 1.